The number of esters is 1. The molecule has 1 saturated heterocycles. The van der Waals surface area contributed by atoms with Gasteiger partial charge in [0.15, 0.2) is 5.13 Å². The summed E-state index contributed by atoms with van der Waals surface area (Å²) in [7, 11) is 1.53. The molecule has 1 N–H and O–H groups in total. The maximum absolute atomic E-state index is 13.4. The van der Waals surface area contributed by atoms with Crippen LogP contribution in [-0.4, -0.2) is 41.5 Å². The Morgan fingerprint density at radius 1 is 1.22 bits per heavy atom. The molecule has 1 amide bonds. The van der Waals surface area contributed by atoms with Gasteiger partial charge in [0.2, 0.25) is 0 Å². The van der Waals surface area contributed by atoms with E-state index in [2.05, 4.69) is 27.5 Å². The molecule has 0 aliphatic carbocycles. The molecular weight excluding hydrogens is 560 g/mol. The van der Waals surface area contributed by atoms with E-state index in [0.29, 0.717) is 28.1 Å². The fraction of sp³-hybridized carbons (Fsp3) is 0.185. The highest BCUT2D eigenvalue weighted by atomic mass is 79.9. The molecule has 0 bridgehead atoms. The number of halogens is 1. The van der Waals surface area contributed by atoms with Crippen molar-refractivity contribution < 1.29 is 29.0 Å². The summed E-state index contributed by atoms with van der Waals surface area (Å²) in [5.74, 6) is -2.04. The molecule has 3 aromatic rings. The summed E-state index contributed by atoms with van der Waals surface area (Å²) < 4.78 is 11.2. The van der Waals surface area contributed by atoms with E-state index in [1.54, 1.807) is 56.3 Å². The van der Waals surface area contributed by atoms with Crippen LogP contribution in [0.2, 0.25) is 0 Å². The monoisotopic (exact) mass is 582 g/mol. The van der Waals surface area contributed by atoms with E-state index in [0.717, 1.165) is 15.8 Å². The van der Waals surface area contributed by atoms with Crippen molar-refractivity contribution in [1.82, 2.24) is 4.98 Å². The van der Waals surface area contributed by atoms with Gasteiger partial charge in [-0.2, -0.15) is 0 Å². The summed E-state index contributed by atoms with van der Waals surface area (Å²) in [6.07, 6.45) is 1.45. The number of nitrogens with zero attached hydrogens (tertiary/aromatic N) is 2. The molecule has 10 heteroatoms. The topological polar surface area (TPSA) is 106 Å². The van der Waals surface area contributed by atoms with Crippen molar-refractivity contribution in [1.29, 1.82) is 0 Å². The number of benzene rings is 2. The Hall–Kier alpha value is -3.76. The summed E-state index contributed by atoms with van der Waals surface area (Å²) in [5.41, 5.74) is 1.92. The van der Waals surface area contributed by atoms with Crippen molar-refractivity contribution >= 4 is 55.8 Å². The number of carbonyl (C=O) groups is 3. The number of anilines is 1. The quantitative estimate of drug-likeness (QED) is 0.129. The zero-order valence-corrected chi connectivity index (χ0v) is 22.7. The number of carbonyl (C=O) groups excluding carboxylic acids is 3. The SMILES string of the molecule is C=CCOC(=O)c1sc(N2C(=O)C(=O)/C(=C(/O)c3ccc(OC)cc3C)C2c2ccc(Br)cc2)nc1C. The molecule has 2 aromatic carbocycles. The maximum Gasteiger partial charge on any atom is 0.350 e. The second kappa shape index (κ2) is 10.7. The number of aryl methyl sites for hydroxylation is 2. The lowest BCUT2D eigenvalue weighted by molar-refractivity contribution is -0.132. The molecule has 2 heterocycles. The second-order valence-corrected chi connectivity index (χ2v) is 10.1. The first-order valence-corrected chi connectivity index (χ1v) is 12.8. The third kappa shape index (κ3) is 4.94. The predicted octanol–water partition coefficient (Wildman–Crippen LogP) is 5.50. The highest BCUT2D eigenvalue weighted by Crippen LogP contribution is 2.44. The number of aliphatic hydroxyl groups is 1. The van der Waals surface area contributed by atoms with Gasteiger partial charge in [0.1, 0.15) is 23.0 Å². The zero-order valence-electron chi connectivity index (χ0n) is 20.3. The average Bonchev–Trinajstić information content (AvgIpc) is 3.39. The van der Waals surface area contributed by atoms with E-state index in [1.165, 1.54) is 18.1 Å². The van der Waals surface area contributed by atoms with Crippen LogP contribution in [0.25, 0.3) is 5.76 Å². The van der Waals surface area contributed by atoms with Gasteiger partial charge in [0.05, 0.1) is 24.4 Å². The molecule has 4 rings (SSSR count). The standard InChI is InChI=1S/C27H23BrN2O6S/c1-5-12-36-26(34)24-15(3)29-27(37-24)30-21(16-6-8-17(28)9-7-16)20(23(32)25(30)33)22(31)19-11-10-18(35-4)13-14(19)2/h5-11,13,21,31H,1,12H2,2-4H3/b22-20+. The second-order valence-electron chi connectivity index (χ2n) is 8.20. The molecule has 1 unspecified atom stereocenters. The molecule has 1 atom stereocenters. The Morgan fingerprint density at radius 3 is 2.54 bits per heavy atom. The summed E-state index contributed by atoms with van der Waals surface area (Å²) in [6.45, 7) is 6.95. The number of hydrogen-bond donors (Lipinski definition) is 1. The van der Waals surface area contributed by atoms with Crippen LogP contribution in [0.3, 0.4) is 0 Å². The van der Waals surface area contributed by atoms with Gasteiger partial charge >= 0.3 is 11.9 Å². The Kier molecular flexibility index (Phi) is 7.60. The molecule has 190 valence electrons. The first-order chi connectivity index (χ1) is 17.7. The van der Waals surface area contributed by atoms with Gasteiger partial charge in [-0.05, 0) is 55.3 Å². The summed E-state index contributed by atoms with van der Waals surface area (Å²) >= 11 is 4.34. The number of aromatic nitrogens is 1. The number of rotatable bonds is 7. The minimum atomic E-state index is -0.975. The number of Topliss-reactive ketones (excluding diaryl/α,β-unsaturated/α-hetero) is 1. The van der Waals surface area contributed by atoms with E-state index in [9.17, 15) is 19.5 Å². The number of methoxy groups -OCH3 is 1. The predicted molar refractivity (Wildman–Crippen MR) is 144 cm³/mol. The first-order valence-electron chi connectivity index (χ1n) is 11.1. The lowest BCUT2D eigenvalue weighted by Gasteiger charge is -2.23. The van der Waals surface area contributed by atoms with Crippen LogP contribution in [-0.2, 0) is 14.3 Å². The van der Waals surface area contributed by atoms with E-state index < -0.39 is 23.7 Å². The largest absolute Gasteiger partial charge is 0.507 e. The van der Waals surface area contributed by atoms with Crippen molar-refractivity contribution in [2.24, 2.45) is 0 Å². The van der Waals surface area contributed by atoms with Crippen LogP contribution in [0.5, 0.6) is 5.75 Å². The third-order valence-electron chi connectivity index (χ3n) is 5.83. The molecule has 0 radical (unpaired) electrons. The van der Waals surface area contributed by atoms with Crippen LogP contribution in [0.4, 0.5) is 5.13 Å². The van der Waals surface area contributed by atoms with Crippen molar-refractivity contribution in [3.63, 3.8) is 0 Å². The van der Waals surface area contributed by atoms with Crippen LogP contribution in [0, 0.1) is 13.8 Å². The van der Waals surface area contributed by atoms with Gasteiger partial charge in [0.25, 0.3) is 5.78 Å². The van der Waals surface area contributed by atoms with Crippen molar-refractivity contribution in [3.05, 3.63) is 92.4 Å². The van der Waals surface area contributed by atoms with Crippen LogP contribution < -0.4 is 9.64 Å². The van der Waals surface area contributed by atoms with E-state index in [4.69, 9.17) is 9.47 Å². The zero-order chi connectivity index (χ0) is 26.9. The number of ether oxygens (including phenoxy) is 2. The van der Waals surface area contributed by atoms with Gasteiger partial charge < -0.3 is 14.6 Å². The Bertz CT molecular complexity index is 1440. The molecule has 0 saturated carbocycles. The first kappa shape index (κ1) is 26.3. The summed E-state index contributed by atoms with van der Waals surface area (Å²) in [5, 5.41) is 11.5. The van der Waals surface area contributed by atoms with Crippen LogP contribution in [0.15, 0.2) is 65.2 Å². The van der Waals surface area contributed by atoms with Gasteiger partial charge in [-0.25, -0.2) is 9.78 Å². The molecule has 0 spiro atoms. The van der Waals surface area contributed by atoms with Crippen molar-refractivity contribution in [3.8, 4) is 5.75 Å². The highest BCUT2D eigenvalue weighted by molar-refractivity contribution is 9.10. The third-order valence-corrected chi connectivity index (χ3v) is 7.49. The van der Waals surface area contributed by atoms with Gasteiger partial charge in [0, 0.05) is 10.0 Å². The average molecular weight is 583 g/mol. The van der Waals surface area contributed by atoms with Gasteiger partial charge in [-0.15, -0.1) is 0 Å². The summed E-state index contributed by atoms with van der Waals surface area (Å²) in [4.78, 5) is 45.1. The number of hydrogen-bond acceptors (Lipinski definition) is 8. The molecule has 1 fully saturated rings. The number of amides is 1. The minimum absolute atomic E-state index is 0.0239. The van der Waals surface area contributed by atoms with E-state index >= 15 is 0 Å². The van der Waals surface area contributed by atoms with Crippen molar-refractivity contribution in [2.75, 3.05) is 18.6 Å². The normalized spacial score (nSPS) is 16.6. The number of ketones is 1. The Labute approximate surface area is 226 Å². The smallest absolute Gasteiger partial charge is 0.350 e. The molecule has 1 aliphatic rings. The number of aliphatic hydroxyl groups excluding tert-OH is 1. The van der Waals surface area contributed by atoms with Crippen LogP contribution >= 0.6 is 27.3 Å². The molecule has 37 heavy (non-hydrogen) atoms. The molecular formula is C27H23BrN2O6S. The van der Waals surface area contributed by atoms with Crippen LogP contribution in [0.1, 0.15) is 38.1 Å². The van der Waals surface area contributed by atoms with Crippen molar-refractivity contribution in [2.45, 2.75) is 19.9 Å². The molecule has 8 nitrogen and oxygen atoms in total. The minimum Gasteiger partial charge on any atom is -0.507 e. The van der Waals surface area contributed by atoms with Gasteiger partial charge in [-0.1, -0.05) is 52.1 Å². The Balaban J connectivity index is 1.89. The highest BCUT2D eigenvalue weighted by Gasteiger charge is 2.48. The van der Waals surface area contributed by atoms with E-state index in [1.807, 2.05) is 0 Å². The number of thiazole rings is 1. The van der Waals surface area contributed by atoms with E-state index in [-0.39, 0.29) is 27.9 Å². The lowest BCUT2D eigenvalue weighted by atomic mass is 9.94. The lowest BCUT2D eigenvalue weighted by Crippen LogP contribution is -2.29. The maximum atomic E-state index is 13.4. The Morgan fingerprint density at radius 2 is 1.92 bits per heavy atom. The summed E-state index contributed by atoms with van der Waals surface area (Å²) in [6, 6.07) is 11.1. The fourth-order valence-corrected chi connectivity index (χ4v) is 5.29. The molecule has 1 aromatic heterocycles. The van der Waals surface area contributed by atoms with Gasteiger partial charge in [-0.3, -0.25) is 14.5 Å². The fourth-order valence-electron chi connectivity index (χ4n) is 4.04. The molecule has 1 aliphatic heterocycles.